The van der Waals surface area contributed by atoms with Crippen LogP contribution in [0.3, 0.4) is 0 Å². The van der Waals surface area contributed by atoms with Crippen molar-refractivity contribution in [2.75, 3.05) is 11.9 Å². The van der Waals surface area contributed by atoms with Crippen LogP contribution in [-0.2, 0) is 17.8 Å². The van der Waals surface area contributed by atoms with Gasteiger partial charge in [-0.05, 0) is 42.5 Å². The van der Waals surface area contributed by atoms with Gasteiger partial charge in [-0.2, -0.15) is 0 Å². The first kappa shape index (κ1) is 25.0. The SMILES string of the molecule is CCC(C)C(NC(=O)Nc1ccc(C)cc1)C(=O)N(CCc1ccccc1)Cc1ccccc1. The number of carbonyl (C=O) groups is 2. The minimum Gasteiger partial charge on any atom is -0.336 e. The smallest absolute Gasteiger partial charge is 0.319 e. The number of rotatable bonds is 10. The zero-order chi connectivity index (χ0) is 24.3. The lowest BCUT2D eigenvalue weighted by Gasteiger charge is -2.31. The highest BCUT2D eigenvalue weighted by Gasteiger charge is 2.30. The fourth-order valence-electron chi connectivity index (χ4n) is 3.80. The molecule has 0 radical (unpaired) electrons. The topological polar surface area (TPSA) is 61.4 Å². The van der Waals surface area contributed by atoms with Crippen molar-refractivity contribution in [1.82, 2.24) is 10.2 Å². The molecule has 0 bridgehead atoms. The first-order valence-corrected chi connectivity index (χ1v) is 12.0. The highest BCUT2D eigenvalue weighted by molar-refractivity contribution is 5.93. The third-order valence-corrected chi connectivity index (χ3v) is 6.12. The van der Waals surface area contributed by atoms with Crippen LogP contribution in [0, 0.1) is 12.8 Å². The van der Waals surface area contributed by atoms with Crippen LogP contribution in [0.4, 0.5) is 10.5 Å². The van der Waals surface area contributed by atoms with E-state index in [0.29, 0.717) is 18.8 Å². The van der Waals surface area contributed by atoms with Crippen molar-refractivity contribution >= 4 is 17.6 Å². The molecule has 5 nitrogen and oxygen atoms in total. The number of urea groups is 1. The molecule has 2 unspecified atom stereocenters. The first-order chi connectivity index (χ1) is 16.5. The average molecular weight is 458 g/mol. The summed E-state index contributed by atoms with van der Waals surface area (Å²) in [6.45, 7) is 7.12. The van der Waals surface area contributed by atoms with Crippen LogP contribution in [0.25, 0.3) is 0 Å². The Morgan fingerprint density at radius 1 is 0.853 bits per heavy atom. The summed E-state index contributed by atoms with van der Waals surface area (Å²) in [6, 6.07) is 26.8. The van der Waals surface area contributed by atoms with Gasteiger partial charge in [-0.3, -0.25) is 4.79 Å². The zero-order valence-electron chi connectivity index (χ0n) is 20.3. The third kappa shape index (κ3) is 7.48. The molecule has 0 saturated heterocycles. The lowest BCUT2D eigenvalue weighted by atomic mass is 9.97. The van der Waals surface area contributed by atoms with E-state index in [1.54, 1.807) is 0 Å². The number of nitrogens with zero attached hydrogens (tertiary/aromatic N) is 1. The van der Waals surface area contributed by atoms with Gasteiger partial charge in [0.2, 0.25) is 5.91 Å². The van der Waals surface area contributed by atoms with E-state index in [0.717, 1.165) is 24.0 Å². The van der Waals surface area contributed by atoms with Crippen molar-refractivity contribution in [3.8, 4) is 0 Å². The molecule has 2 atom stereocenters. The van der Waals surface area contributed by atoms with Crippen LogP contribution in [0.1, 0.15) is 37.0 Å². The van der Waals surface area contributed by atoms with Crippen molar-refractivity contribution in [1.29, 1.82) is 0 Å². The summed E-state index contributed by atoms with van der Waals surface area (Å²) >= 11 is 0. The number of hydrogen-bond acceptors (Lipinski definition) is 2. The van der Waals surface area contributed by atoms with Crippen LogP contribution >= 0.6 is 0 Å². The van der Waals surface area contributed by atoms with Crippen LogP contribution in [0.5, 0.6) is 0 Å². The summed E-state index contributed by atoms with van der Waals surface area (Å²) in [5.41, 5.74) is 4.06. The molecule has 0 fully saturated rings. The quantitative estimate of drug-likeness (QED) is 0.404. The van der Waals surface area contributed by atoms with Crippen molar-refractivity contribution in [3.63, 3.8) is 0 Å². The lowest BCUT2D eigenvalue weighted by Crippen LogP contribution is -2.52. The average Bonchev–Trinajstić information content (AvgIpc) is 2.87. The molecule has 0 spiro atoms. The summed E-state index contributed by atoms with van der Waals surface area (Å²) in [5, 5.41) is 5.81. The second-order valence-corrected chi connectivity index (χ2v) is 8.81. The molecule has 0 aromatic heterocycles. The highest BCUT2D eigenvalue weighted by atomic mass is 16.2. The molecule has 3 aromatic carbocycles. The Morgan fingerprint density at radius 2 is 1.44 bits per heavy atom. The van der Waals surface area contributed by atoms with Crippen molar-refractivity contribution in [2.45, 2.75) is 46.2 Å². The van der Waals surface area contributed by atoms with Crippen molar-refractivity contribution < 1.29 is 9.59 Å². The van der Waals surface area contributed by atoms with E-state index in [2.05, 4.69) is 22.8 Å². The fraction of sp³-hybridized carbons (Fsp3) is 0.310. The van der Waals surface area contributed by atoms with Gasteiger partial charge in [0.1, 0.15) is 6.04 Å². The minimum absolute atomic E-state index is 0.00809. The van der Waals surface area contributed by atoms with E-state index in [1.165, 1.54) is 5.56 Å². The first-order valence-electron chi connectivity index (χ1n) is 12.0. The number of anilines is 1. The number of nitrogens with one attached hydrogen (secondary N) is 2. The molecule has 0 aliphatic heterocycles. The predicted octanol–water partition coefficient (Wildman–Crippen LogP) is 5.80. The van der Waals surface area contributed by atoms with Gasteiger partial charge >= 0.3 is 6.03 Å². The molecule has 5 heteroatoms. The molecule has 0 aliphatic rings. The van der Waals surface area contributed by atoms with E-state index in [-0.39, 0.29) is 17.9 Å². The van der Waals surface area contributed by atoms with Gasteiger partial charge in [0.15, 0.2) is 0 Å². The maximum Gasteiger partial charge on any atom is 0.319 e. The molecular formula is C29H35N3O2. The molecule has 0 heterocycles. The van der Waals surface area contributed by atoms with Gasteiger partial charge < -0.3 is 15.5 Å². The molecular weight excluding hydrogens is 422 g/mol. The maximum absolute atomic E-state index is 13.8. The van der Waals surface area contributed by atoms with Gasteiger partial charge in [-0.15, -0.1) is 0 Å². The number of aryl methyl sites for hydroxylation is 1. The van der Waals surface area contributed by atoms with Gasteiger partial charge in [-0.1, -0.05) is 98.6 Å². The normalized spacial score (nSPS) is 12.4. The van der Waals surface area contributed by atoms with Crippen LogP contribution in [-0.4, -0.2) is 29.4 Å². The third-order valence-electron chi connectivity index (χ3n) is 6.12. The molecule has 3 rings (SSSR count). The van der Waals surface area contributed by atoms with Gasteiger partial charge in [0, 0.05) is 18.8 Å². The highest BCUT2D eigenvalue weighted by Crippen LogP contribution is 2.16. The predicted molar refractivity (Wildman–Crippen MR) is 139 cm³/mol. The number of hydrogen-bond donors (Lipinski definition) is 2. The Hall–Kier alpha value is -3.60. The largest absolute Gasteiger partial charge is 0.336 e. The van der Waals surface area contributed by atoms with Crippen molar-refractivity contribution in [3.05, 3.63) is 102 Å². The monoisotopic (exact) mass is 457 g/mol. The number of benzene rings is 3. The second-order valence-electron chi connectivity index (χ2n) is 8.81. The molecule has 178 valence electrons. The zero-order valence-corrected chi connectivity index (χ0v) is 20.3. The molecule has 34 heavy (non-hydrogen) atoms. The van der Waals surface area contributed by atoms with E-state index >= 15 is 0 Å². The van der Waals surface area contributed by atoms with Crippen LogP contribution < -0.4 is 10.6 Å². The Bertz CT molecular complexity index is 1040. The number of carbonyl (C=O) groups excluding carboxylic acids is 2. The molecule has 2 N–H and O–H groups in total. The Kier molecular flexibility index (Phi) is 9.27. The molecule has 3 aromatic rings. The summed E-state index contributed by atoms with van der Waals surface area (Å²) in [6.07, 6.45) is 1.53. The van der Waals surface area contributed by atoms with E-state index in [1.807, 2.05) is 98.5 Å². The summed E-state index contributed by atoms with van der Waals surface area (Å²) in [5.74, 6) is -0.0699. The summed E-state index contributed by atoms with van der Waals surface area (Å²) in [7, 11) is 0. The van der Waals surface area contributed by atoms with Crippen LogP contribution in [0.2, 0.25) is 0 Å². The summed E-state index contributed by atoms with van der Waals surface area (Å²) in [4.78, 5) is 28.5. The minimum atomic E-state index is -0.616. The lowest BCUT2D eigenvalue weighted by molar-refractivity contribution is -0.135. The molecule has 0 aliphatic carbocycles. The fourth-order valence-corrected chi connectivity index (χ4v) is 3.80. The van der Waals surface area contributed by atoms with Gasteiger partial charge in [0.25, 0.3) is 0 Å². The Morgan fingerprint density at radius 3 is 2.03 bits per heavy atom. The standard InChI is InChI=1S/C29H35N3O2/c1-4-23(3)27(31-29(34)30-26-17-15-22(2)16-18-26)28(33)32(21-25-13-9-6-10-14-25)20-19-24-11-7-5-8-12-24/h5-18,23,27H,4,19-21H2,1-3H3,(H2,30,31,34). The van der Waals surface area contributed by atoms with Crippen LogP contribution in [0.15, 0.2) is 84.9 Å². The Labute approximate surface area is 203 Å². The molecule has 3 amide bonds. The van der Waals surface area contributed by atoms with E-state index in [9.17, 15) is 9.59 Å². The Balaban J connectivity index is 1.76. The second kappa shape index (κ2) is 12.6. The van der Waals surface area contributed by atoms with E-state index in [4.69, 9.17) is 0 Å². The van der Waals surface area contributed by atoms with E-state index < -0.39 is 6.04 Å². The van der Waals surface area contributed by atoms with Gasteiger partial charge in [0.05, 0.1) is 0 Å². The summed E-state index contributed by atoms with van der Waals surface area (Å²) < 4.78 is 0. The molecule has 0 saturated carbocycles. The number of amides is 3. The van der Waals surface area contributed by atoms with Gasteiger partial charge in [-0.25, -0.2) is 4.79 Å². The maximum atomic E-state index is 13.8. The van der Waals surface area contributed by atoms with Crippen molar-refractivity contribution in [2.24, 2.45) is 5.92 Å².